The number of aromatic nitrogens is 1. The van der Waals surface area contributed by atoms with E-state index < -0.39 is 22.6 Å². The number of nitrogens with one attached hydrogen (secondary N) is 1. The number of pyridine rings is 1. The number of carbonyl (C=O) groups excluding carboxylic acids is 3. The maximum absolute atomic E-state index is 13.8. The molecule has 1 fully saturated rings. The third-order valence-electron chi connectivity index (χ3n) is 8.59. The van der Waals surface area contributed by atoms with Crippen LogP contribution in [0.3, 0.4) is 0 Å². The fraction of sp³-hybridized carbons (Fsp3) is 0.471. The predicted octanol–water partition coefficient (Wildman–Crippen LogP) is 5.32. The van der Waals surface area contributed by atoms with Gasteiger partial charge in [0.2, 0.25) is 5.91 Å². The number of benzene rings is 2. The fourth-order valence-corrected chi connectivity index (χ4v) is 6.51. The molecule has 0 unspecified atom stereocenters. The molecule has 2 atom stereocenters. The average molecular weight is 588 g/mol. The molecule has 1 aliphatic carbocycles. The Bertz CT molecular complexity index is 1560. The summed E-state index contributed by atoms with van der Waals surface area (Å²) < 4.78 is 16.1. The van der Waals surface area contributed by atoms with Crippen molar-refractivity contribution in [2.75, 3.05) is 27.3 Å². The van der Waals surface area contributed by atoms with Gasteiger partial charge in [-0.25, -0.2) is 4.79 Å². The molecule has 1 aromatic heterocycles. The van der Waals surface area contributed by atoms with Crippen LogP contribution in [0.25, 0.3) is 22.0 Å². The van der Waals surface area contributed by atoms with Crippen LogP contribution in [-0.2, 0) is 31.9 Å². The van der Waals surface area contributed by atoms with E-state index in [9.17, 15) is 14.4 Å². The Morgan fingerprint density at radius 3 is 2.40 bits per heavy atom. The summed E-state index contributed by atoms with van der Waals surface area (Å²) in [7, 11) is 3.05. The van der Waals surface area contributed by atoms with Gasteiger partial charge in [0, 0.05) is 29.7 Å². The molecule has 2 aliphatic rings. The number of piperidine rings is 1. The van der Waals surface area contributed by atoms with E-state index in [4.69, 9.17) is 19.2 Å². The van der Waals surface area contributed by atoms with Gasteiger partial charge < -0.3 is 24.4 Å². The van der Waals surface area contributed by atoms with Gasteiger partial charge in [0.1, 0.15) is 16.9 Å². The average Bonchev–Trinajstić information content (AvgIpc) is 2.96. The molecule has 1 saturated heterocycles. The maximum atomic E-state index is 13.8. The van der Waals surface area contributed by atoms with Crippen LogP contribution >= 0.6 is 0 Å². The Labute approximate surface area is 252 Å². The number of para-hydroxylation sites is 1. The first-order valence-corrected chi connectivity index (χ1v) is 14.7. The van der Waals surface area contributed by atoms with Crippen molar-refractivity contribution in [3.8, 4) is 16.9 Å². The lowest BCUT2D eigenvalue weighted by Crippen LogP contribution is -2.63. The second kappa shape index (κ2) is 11.2. The van der Waals surface area contributed by atoms with Gasteiger partial charge in [0.05, 0.1) is 25.2 Å². The Morgan fingerprint density at radius 2 is 1.74 bits per heavy atom. The molecule has 9 heteroatoms. The SMILES string of the molecule is COC(=O)[C@]12Cc3cc4cccc(-c5ccc(OC)cc5)c4nc3C[C@@H]1CCN(C(=O)C(C)(C)NC(=O)OC(C)(C)C)C2. The lowest BCUT2D eigenvalue weighted by molar-refractivity contribution is -0.165. The number of amides is 2. The second-order valence-corrected chi connectivity index (χ2v) is 13.2. The predicted molar refractivity (Wildman–Crippen MR) is 164 cm³/mol. The molecule has 5 rings (SSSR count). The lowest BCUT2D eigenvalue weighted by atomic mass is 9.62. The highest BCUT2D eigenvalue weighted by Gasteiger charge is 2.54. The van der Waals surface area contributed by atoms with Gasteiger partial charge in [-0.2, -0.15) is 0 Å². The van der Waals surface area contributed by atoms with E-state index in [0.717, 1.165) is 39.0 Å². The first kappa shape index (κ1) is 30.3. The van der Waals surface area contributed by atoms with Crippen LogP contribution < -0.4 is 10.1 Å². The minimum Gasteiger partial charge on any atom is -0.497 e. The molecule has 0 saturated carbocycles. The molecule has 43 heavy (non-hydrogen) atoms. The summed E-state index contributed by atoms with van der Waals surface area (Å²) in [6, 6.07) is 16.2. The number of fused-ring (bicyclic) bond motifs is 3. The summed E-state index contributed by atoms with van der Waals surface area (Å²) in [6.07, 6.45) is 0.975. The zero-order chi connectivity index (χ0) is 31.2. The van der Waals surface area contributed by atoms with Crippen molar-refractivity contribution in [3.63, 3.8) is 0 Å². The first-order chi connectivity index (χ1) is 20.3. The van der Waals surface area contributed by atoms with Crippen molar-refractivity contribution >= 4 is 28.9 Å². The monoisotopic (exact) mass is 587 g/mol. The number of likely N-dealkylation sites (tertiary alicyclic amines) is 1. The van der Waals surface area contributed by atoms with Gasteiger partial charge in [-0.05, 0) is 89.1 Å². The van der Waals surface area contributed by atoms with Gasteiger partial charge in [-0.15, -0.1) is 0 Å². The van der Waals surface area contributed by atoms with E-state index in [2.05, 4.69) is 17.4 Å². The topological polar surface area (TPSA) is 107 Å². The summed E-state index contributed by atoms with van der Waals surface area (Å²) in [5.74, 6) is 0.149. The third kappa shape index (κ3) is 5.90. The van der Waals surface area contributed by atoms with E-state index in [1.54, 1.807) is 46.6 Å². The van der Waals surface area contributed by atoms with Crippen LogP contribution in [0.5, 0.6) is 5.75 Å². The molecule has 2 aromatic carbocycles. The summed E-state index contributed by atoms with van der Waals surface area (Å²) in [6.45, 7) is 9.28. The van der Waals surface area contributed by atoms with Crippen molar-refractivity contribution in [1.82, 2.24) is 15.2 Å². The van der Waals surface area contributed by atoms with Gasteiger partial charge in [0.25, 0.3) is 0 Å². The minimum absolute atomic E-state index is 0.0449. The molecule has 2 amide bonds. The molecule has 2 heterocycles. The maximum Gasteiger partial charge on any atom is 0.408 e. The van der Waals surface area contributed by atoms with Gasteiger partial charge >= 0.3 is 12.1 Å². The van der Waals surface area contributed by atoms with Crippen molar-refractivity contribution in [2.24, 2.45) is 11.3 Å². The number of nitrogens with zero attached hydrogens (tertiary/aromatic N) is 2. The number of hydrogen-bond donors (Lipinski definition) is 1. The molecule has 0 spiro atoms. The standard InChI is InChI=1S/C34H41N3O6/c1-32(2,3)43-31(40)36-33(4,5)29(38)37-16-15-24-18-27-23(19-34(24,20-37)30(39)42-7)17-22-9-8-10-26(28(22)35-27)21-11-13-25(41-6)14-12-21/h8-14,17,24H,15-16,18-20H2,1-7H3,(H,36,40)/t24-,34-/m0/s1. The van der Waals surface area contributed by atoms with E-state index in [0.29, 0.717) is 25.8 Å². The molecular formula is C34H41N3O6. The third-order valence-corrected chi connectivity index (χ3v) is 8.59. The van der Waals surface area contributed by atoms with Crippen molar-refractivity contribution in [1.29, 1.82) is 0 Å². The Hall–Kier alpha value is -4.14. The highest BCUT2D eigenvalue weighted by atomic mass is 16.6. The van der Waals surface area contributed by atoms with E-state index in [-0.39, 0.29) is 24.3 Å². The van der Waals surface area contributed by atoms with Crippen LogP contribution in [0.2, 0.25) is 0 Å². The van der Waals surface area contributed by atoms with Gasteiger partial charge in [-0.3, -0.25) is 14.6 Å². The smallest absolute Gasteiger partial charge is 0.408 e. The summed E-state index contributed by atoms with van der Waals surface area (Å²) in [5.41, 5.74) is 2.13. The number of hydrogen-bond acceptors (Lipinski definition) is 7. The number of alkyl carbamates (subject to hydrolysis) is 1. The Morgan fingerprint density at radius 1 is 1.02 bits per heavy atom. The summed E-state index contributed by atoms with van der Waals surface area (Å²) >= 11 is 0. The summed E-state index contributed by atoms with van der Waals surface area (Å²) in [4.78, 5) is 46.7. The van der Waals surface area contributed by atoms with E-state index in [1.807, 2.05) is 36.4 Å². The largest absolute Gasteiger partial charge is 0.497 e. The highest BCUT2D eigenvalue weighted by molar-refractivity contribution is 5.94. The van der Waals surface area contributed by atoms with Crippen molar-refractivity contribution < 1.29 is 28.6 Å². The number of ether oxygens (including phenoxy) is 3. The molecule has 0 bridgehead atoms. The first-order valence-electron chi connectivity index (χ1n) is 14.7. The summed E-state index contributed by atoms with van der Waals surface area (Å²) in [5, 5.41) is 3.70. The fourth-order valence-electron chi connectivity index (χ4n) is 6.51. The Balaban J connectivity index is 1.45. The van der Waals surface area contributed by atoms with Crippen LogP contribution in [0.1, 0.15) is 52.3 Å². The molecular weight excluding hydrogens is 546 g/mol. The zero-order valence-corrected chi connectivity index (χ0v) is 26.1. The quantitative estimate of drug-likeness (QED) is 0.403. The molecule has 1 aliphatic heterocycles. The number of esters is 1. The van der Waals surface area contributed by atoms with E-state index in [1.165, 1.54) is 7.11 Å². The highest BCUT2D eigenvalue weighted by Crippen LogP contribution is 2.47. The van der Waals surface area contributed by atoms with Gasteiger partial charge in [-0.1, -0.05) is 30.3 Å². The Kier molecular flexibility index (Phi) is 7.88. The molecule has 3 aromatic rings. The van der Waals surface area contributed by atoms with E-state index >= 15 is 0 Å². The van der Waals surface area contributed by atoms with Crippen LogP contribution in [-0.4, -0.2) is 66.3 Å². The number of carbonyl (C=O) groups is 3. The van der Waals surface area contributed by atoms with Crippen molar-refractivity contribution in [2.45, 2.75) is 65.0 Å². The van der Waals surface area contributed by atoms with Crippen molar-refractivity contribution in [3.05, 3.63) is 59.8 Å². The van der Waals surface area contributed by atoms with Crippen LogP contribution in [0.4, 0.5) is 4.79 Å². The minimum atomic E-state index is -1.23. The van der Waals surface area contributed by atoms with Crippen LogP contribution in [0, 0.1) is 11.3 Å². The lowest BCUT2D eigenvalue weighted by Gasteiger charge is -2.50. The van der Waals surface area contributed by atoms with Crippen LogP contribution in [0.15, 0.2) is 48.5 Å². The molecule has 0 radical (unpaired) electrons. The number of methoxy groups -OCH3 is 2. The molecule has 1 N–H and O–H groups in total. The molecule has 228 valence electrons. The number of rotatable bonds is 5. The van der Waals surface area contributed by atoms with Gasteiger partial charge in [0.15, 0.2) is 0 Å². The zero-order valence-electron chi connectivity index (χ0n) is 26.1. The second-order valence-electron chi connectivity index (χ2n) is 13.2. The molecule has 9 nitrogen and oxygen atoms in total. The normalized spacial score (nSPS) is 20.1.